The van der Waals surface area contributed by atoms with Crippen molar-refractivity contribution in [3.63, 3.8) is 0 Å². The van der Waals surface area contributed by atoms with E-state index in [4.69, 9.17) is 10.5 Å². The lowest BCUT2D eigenvalue weighted by Crippen LogP contribution is -2.37. The van der Waals surface area contributed by atoms with Gasteiger partial charge in [-0.05, 0) is 24.5 Å². The summed E-state index contributed by atoms with van der Waals surface area (Å²) in [6.07, 6.45) is 1.66. The molecule has 1 aliphatic heterocycles. The lowest BCUT2D eigenvalue weighted by molar-refractivity contribution is -0.119. The van der Waals surface area contributed by atoms with E-state index in [9.17, 15) is 4.79 Å². The Bertz CT molecular complexity index is 648. The maximum Gasteiger partial charge on any atom is 0.234 e. The van der Waals surface area contributed by atoms with E-state index in [1.54, 1.807) is 0 Å². The Balaban J connectivity index is 0.00000192. The molecule has 3 N–H and O–H groups in total. The molecule has 1 amide bonds. The van der Waals surface area contributed by atoms with E-state index >= 15 is 0 Å². The van der Waals surface area contributed by atoms with E-state index in [2.05, 4.69) is 5.32 Å². The van der Waals surface area contributed by atoms with Crippen LogP contribution in [0.15, 0.2) is 54.6 Å². The van der Waals surface area contributed by atoms with Crippen LogP contribution in [0.3, 0.4) is 0 Å². The molecule has 0 bridgehead atoms. The zero-order chi connectivity index (χ0) is 15.4. The number of hydrogen-bond donors (Lipinski definition) is 2. The Labute approximate surface area is 142 Å². The highest BCUT2D eigenvalue weighted by molar-refractivity contribution is 5.85. The molecule has 1 saturated heterocycles. The van der Waals surface area contributed by atoms with E-state index in [1.165, 1.54) is 0 Å². The zero-order valence-electron chi connectivity index (χ0n) is 12.8. The van der Waals surface area contributed by atoms with Crippen molar-refractivity contribution in [1.29, 1.82) is 0 Å². The predicted octanol–water partition coefficient (Wildman–Crippen LogP) is 2.97. The summed E-state index contributed by atoms with van der Waals surface area (Å²) in [7, 11) is 0. The summed E-state index contributed by atoms with van der Waals surface area (Å²) in [6.45, 7) is 0.532. The molecule has 4 nitrogen and oxygen atoms in total. The Morgan fingerprint density at radius 3 is 2.48 bits per heavy atom. The van der Waals surface area contributed by atoms with E-state index in [0.717, 1.165) is 29.7 Å². The van der Waals surface area contributed by atoms with Crippen LogP contribution in [0.2, 0.25) is 0 Å². The first kappa shape index (κ1) is 17.3. The average Bonchev–Trinajstić information content (AvgIpc) is 3.04. The fourth-order valence-electron chi connectivity index (χ4n) is 2.85. The molecule has 23 heavy (non-hydrogen) atoms. The number of nitrogens with one attached hydrogen (secondary N) is 1. The molecule has 1 fully saturated rings. The number of primary amides is 1. The molecule has 2 aromatic carbocycles. The van der Waals surface area contributed by atoms with Gasteiger partial charge in [0.05, 0.1) is 6.04 Å². The van der Waals surface area contributed by atoms with Gasteiger partial charge in [0.15, 0.2) is 0 Å². The van der Waals surface area contributed by atoms with Crippen LogP contribution in [-0.4, -0.2) is 11.9 Å². The molecule has 0 saturated carbocycles. The van der Waals surface area contributed by atoms with Gasteiger partial charge in [0.25, 0.3) is 0 Å². The molecule has 1 heterocycles. The summed E-state index contributed by atoms with van der Waals surface area (Å²) >= 11 is 0. The van der Waals surface area contributed by atoms with Crippen LogP contribution in [0, 0.1) is 0 Å². The Hall–Kier alpha value is -2.04. The first-order chi connectivity index (χ1) is 10.7. The van der Waals surface area contributed by atoms with Crippen LogP contribution in [0.25, 0.3) is 0 Å². The highest BCUT2D eigenvalue weighted by Gasteiger charge is 2.29. The molecule has 0 unspecified atom stereocenters. The van der Waals surface area contributed by atoms with Gasteiger partial charge in [0, 0.05) is 11.6 Å². The second-order valence-corrected chi connectivity index (χ2v) is 5.56. The maximum atomic E-state index is 11.3. The second kappa shape index (κ2) is 7.99. The van der Waals surface area contributed by atoms with Crippen molar-refractivity contribution in [3.8, 4) is 5.75 Å². The molecule has 2 aromatic rings. The highest BCUT2D eigenvalue weighted by Crippen LogP contribution is 2.33. The second-order valence-electron chi connectivity index (χ2n) is 5.56. The molecule has 0 aliphatic carbocycles. The number of nitrogens with two attached hydrogens (primary N) is 1. The first-order valence-corrected chi connectivity index (χ1v) is 7.55. The van der Waals surface area contributed by atoms with Crippen LogP contribution in [-0.2, 0) is 11.4 Å². The lowest BCUT2D eigenvalue weighted by atomic mass is 10.0. The maximum absolute atomic E-state index is 11.3. The molecular formula is C18H21ClN2O2. The van der Waals surface area contributed by atoms with Crippen LogP contribution in [0.4, 0.5) is 0 Å². The molecule has 0 spiro atoms. The number of rotatable bonds is 5. The SMILES string of the molecule is Cl.NC(=O)[C@@H]1CC[C@H](c2ccccc2OCc2ccccc2)N1. The normalized spacial score (nSPS) is 19.8. The van der Waals surface area contributed by atoms with Gasteiger partial charge in [0.2, 0.25) is 5.91 Å². The summed E-state index contributed by atoms with van der Waals surface area (Å²) in [6, 6.07) is 17.9. The summed E-state index contributed by atoms with van der Waals surface area (Å²) in [5, 5.41) is 3.29. The molecule has 2 atom stereocenters. The largest absolute Gasteiger partial charge is 0.489 e. The van der Waals surface area contributed by atoms with E-state index < -0.39 is 0 Å². The molecule has 0 aromatic heterocycles. The number of carbonyl (C=O) groups excluding carboxylic acids is 1. The van der Waals surface area contributed by atoms with Crippen molar-refractivity contribution >= 4 is 18.3 Å². The third kappa shape index (κ3) is 4.24. The number of ether oxygens (including phenoxy) is 1. The van der Waals surface area contributed by atoms with Gasteiger partial charge in [-0.3, -0.25) is 10.1 Å². The minimum atomic E-state index is -0.287. The average molecular weight is 333 g/mol. The van der Waals surface area contributed by atoms with Gasteiger partial charge < -0.3 is 10.5 Å². The summed E-state index contributed by atoms with van der Waals surface area (Å²) in [5.41, 5.74) is 7.59. The van der Waals surface area contributed by atoms with Crippen LogP contribution < -0.4 is 15.8 Å². The monoisotopic (exact) mass is 332 g/mol. The van der Waals surface area contributed by atoms with Crippen LogP contribution in [0.1, 0.15) is 30.0 Å². The van der Waals surface area contributed by atoms with E-state index in [-0.39, 0.29) is 30.4 Å². The van der Waals surface area contributed by atoms with E-state index in [1.807, 2.05) is 54.6 Å². The zero-order valence-corrected chi connectivity index (χ0v) is 13.6. The molecule has 5 heteroatoms. The van der Waals surface area contributed by atoms with Crippen molar-refractivity contribution < 1.29 is 9.53 Å². The van der Waals surface area contributed by atoms with Gasteiger partial charge in [-0.15, -0.1) is 12.4 Å². The Kier molecular flexibility index (Phi) is 6.02. The smallest absolute Gasteiger partial charge is 0.234 e. The number of benzene rings is 2. The number of para-hydroxylation sites is 1. The van der Waals surface area contributed by atoms with Gasteiger partial charge in [0.1, 0.15) is 12.4 Å². The fraction of sp³-hybridized carbons (Fsp3) is 0.278. The summed E-state index contributed by atoms with van der Waals surface area (Å²) in [4.78, 5) is 11.3. The topological polar surface area (TPSA) is 64.4 Å². The van der Waals surface area contributed by atoms with Crippen molar-refractivity contribution in [3.05, 3.63) is 65.7 Å². The van der Waals surface area contributed by atoms with Crippen LogP contribution >= 0.6 is 12.4 Å². The van der Waals surface area contributed by atoms with Crippen molar-refractivity contribution in [2.24, 2.45) is 5.73 Å². The highest BCUT2D eigenvalue weighted by atomic mass is 35.5. The van der Waals surface area contributed by atoms with Gasteiger partial charge in [-0.2, -0.15) is 0 Å². The Morgan fingerprint density at radius 1 is 1.09 bits per heavy atom. The van der Waals surface area contributed by atoms with Gasteiger partial charge in [-0.1, -0.05) is 48.5 Å². The van der Waals surface area contributed by atoms with Crippen molar-refractivity contribution in [2.45, 2.75) is 31.5 Å². The van der Waals surface area contributed by atoms with Gasteiger partial charge in [-0.25, -0.2) is 0 Å². The number of amides is 1. The third-order valence-corrected chi connectivity index (χ3v) is 4.02. The molecule has 1 aliphatic rings. The van der Waals surface area contributed by atoms with E-state index in [0.29, 0.717) is 6.61 Å². The quantitative estimate of drug-likeness (QED) is 0.884. The van der Waals surface area contributed by atoms with Crippen molar-refractivity contribution in [2.75, 3.05) is 0 Å². The fourth-order valence-corrected chi connectivity index (χ4v) is 2.85. The number of hydrogen-bond acceptors (Lipinski definition) is 3. The Morgan fingerprint density at radius 2 is 1.78 bits per heavy atom. The molecular weight excluding hydrogens is 312 g/mol. The first-order valence-electron chi connectivity index (χ1n) is 7.55. The van der Waals surface area contributed by atoms with Crippen LogP contribution in [0.5, 0.6) is 5.75 Å². The predicted molar refractivity (Wildman–Crippen MR) is 92.6 cm³/mol. The molecule has 122 valence electrons. The third-order valence-electron chi connectivity index (χ3n) is 4.02. The lowest BCUT2D eigenvalue weighted by Gasteiger charge is -2.17. The minimum Gasteiger partial charge on any atom is -0.489 e. The van der Waals surface area contributed by atoms with Crippen molar-refractivity contribution in [1.82, 2.24) is 5.32 Å². The summed E-state index contributed by atoms with van der Waals surface area (Å²) in [5.74, 6) is 0.569. The summed E-state index contributed by atoms with van der Waals surface area (Å²) < 4.78 is 5.98. The number of carbonyl (C=O) groups is 1. The standard InChI is InChI=1S/C18H20N2O2.ClH/c19-18(21)16-11-10-15(20-16)14-8-4-5-9-17(14)22-12-13-6-2-1-3-7-13;/h1-9,15-16,20H,10-12H2,(H2,19,21);1H/t15-,16+;/m1./s1. The minimum absolute atomic E-state index is 0. The van der Waals surface area contributed by atoms with Gasteiger partial charge >= 0.3 is 0 Å². The number of halogens is 1. The molecule has 0 radical (unpaired) electrons. The molecule has 3 rings (SSSR count).